The Bertz CT molecular complexity index is 1510. The molecule has 3 N–H and O–H groups in total. The van der Waals surface area contributed by atoms with Gasteiger partial charge in [-0.2, -0.15) is 9.97 Å². The largest absolute Gasteiger partial charge is 0.462 e. The number of carbonyl (C=O) groups excluding carboxylic acids is 1. The number of fused-ring (bicyclic) bond motifs is 1. The van der Waals surface area contributed by atoms with E-state index in [0.717, 1.165) is 67.2 Å². The van der Waals surface area contributed by atoms with E-state index in [-0.39, 0.29) is 18.5 Å². The number of esters is 1. The van der Waals surface area contributed by atoms with Crippen LogP contribution < -0.4 is 15.1 Å². The fraction of sp³-hybridized carbons (Fsp3) is 0.444. The molecule has 41 heavy (non-hydrogen) atoms. The number of thiazole rings is 1. The molecule has 14 heteroatoms. The molecular weight excluding hydrogens is 544 g/mol. The number of aliphatic hydroxyl groups is 1. The molecule has 5 heterocycles. The molecule has 1 fully saturated rings. The summed E-state index contributed by atoms with van der Waals surface area (Å²) in [5.41, 5.74) is 3.77. The summed E-state index contributed by atoms with van der Waals surface area (Å²) in [6.07, 6.45) is 2.83. The van der Waals surface area contributed by atoms with Gasteiger partial charge in [-0.15, -0.1) is 5.10 Å². The minimum Gasteiger partial charge on any atom is -0.462 e. The van der Waals surface area contributed by atoms with Gasteiger partial charge in [0, 0.05) is 43.9 Å². The van der Waals surface area contributed by atoms with Crippen molar-refractivity contribution in [1.82, 2.24) is 35.6 Å². The number of rotatable bonds is 9. The van der Waals surface area contributed by atoms with Gasteiger partial charge in [0.15, 0.2) is 11.0 Å². The molecule has 3 aromatic heterocycles. The molecule has 0 amide bonds. The summed E-state index contributed by atoms with van der Waals surface area (Å²) in [5.74, 6) is 2.66. The monoisotopic (exact) mass is 576 g/mol. The zero-order valence-corrected chi connectivity index (χ0v) is 23.8. The predicted octanol–water partition coefficient (Wildman–Crippen LogP) is 3.11. The van der Waals surface area contributed by atoms with Crippen LogP contribution >= 0.6 is 11.3 Å². The third-order valence-electron chi connectivity index (χ3n) is 7.39. The second-order valence-corrected chi connectivity index (χ2v) is 11.2. The highest BCUT2D eigenvalue weighted by atomic mass is 32.1. The molecule has 2 aliphatic rings. The van der Waals surface area contributed by atoms with Crippen LogP contribution in [0.5, 0.6) is 0 Å². The maximum absolute atomic E-state index is 12.4. The first-order chi connectivity index (χ1) is 20.0. The van der Waals surface area contributed by atoms with Gasteiger partial charge in [0.1, 0.15) is 16.5 Å². The Morgan fingerprint density at radius 3 is 2.78 bits per heavy atom. The molecule has 0 saturated carbocycles. The summed E-state index contributed by atoms with van der Waals surface area (Å²) < 4.78 is 5.18. The Kier molecular flexibility index (Phi) is 7.74. The number of aromatic amines is 1. The number of carbonyl (C=O) groups is 1. The Morgan fingerprint density at radius 2 is 2.02 bits per heavy atom. The summed E-state index contributed by atoms with van der Waals surface area (Å²) in [6.45, 7) is 7.16. The van der Waals surface area contributed by atoms with E-state index in [1.165, 1.54) is 11.3 Å². The first-order valence-corrected chi connectivity index (χ1v) is 14.6. The molecule has 1 saturated heterocycles. The van der Waals surface area contributed by atoms with Crippen LogP contribution in [0.2, 0.25) is 0 Å². The van der Waals surface area contributed by atoms with Crippen LogP contribution in [0.25, 0.3) is 11.4 Å². The molecule has 4 aromatic rings. The quantitative estimate of drug-likeness (QED) is 0.250. The highest BCUT2D eigenvalue weighted by Crippen LogP contribution is 2.37. The van der Waals surface area contributed by atoms with Crippen LogP contribution in [0.15, 0.2) is 24.3 Å². The van der Waals surface area contributed by atoms with Gasteiger partial charge in [-0.25, -0.2) is 14.9 Å². The van der Waals surface area contributed by atoms with Gasteiger partial charge in [-0.3, -0.25) is 5.32 Å². The van der Waals surface area contributed by atoms with Crippen LogP contribution in [0.1, 0.15) is 46.3 Å². The molecule has 6 rings (SSSR count). The number of benzene rings is 1. The average molecular weight is 577 g/mol. The number of hydrogen-bond acceptors (Lipinski definition) is 13. The van der Waals surface area contributed by atoms with E-state index in [1.807, 2.05) is 12.1 Å². The molecule has 214 valence electrons. The van der Waals surface area contributed by atoms with Crippen molar-refractivity contribution in [2.45, 2.75) is 39.7 Å². The number of tetrazole rings is 1. The maximum Gasteiger partial charge on any atom is 0.350 e. The van der Waals surface area contributed by atoms with Gasteiger partial charge in [0.05, 0.1) is 12.3 Å². The SMILES string of the molecule is CCOC(=O)c1sc(Nc2nc3c(c(N4CCCC(CO)C4)n2)CCN3Cc2ccc(-c3nnn[nH]3)cc2)nc1C. The molecule has 0 radical (unpaired) electrons. The van der Waals surface area contributed by atoms with Crippen molar-refractivity contribution in [3.8, 4) is 11.4 Å². The maximum atomic E-state index is 12.4. The van der Waals surface area contributed by atoms with E-state index in [9.17, 15) is 9.90 Å². The Balaban J connectivity index is 1.30. The van der Waals surface area contributed by atoms with Crippen molar-refractivity contribution in [2.24, 2.45) is 5.92 Å². The Labute approximate surface area is 241 Å². The fourth-order valence-corrected chi connectivity index (χ4v) is 6.23. The van der Waals surface area contributed by atoms with Crippen molar-refractivity contribution in [3.05, 3.63) is 46.0 Å². The number of aryl methyl sites for hydroxylation is 1. The predicted molar refractivity (Wildman–Crippen MR) is 155 cm³/mol. The van der Waals surface area contributed by atoms with Gasteiger partial charge < -0.3 is 19.6 Å². The lowest BCUT2D eigenvalue weighted by Crippen LogP contribution is -2.38. The molecule has 0 spiro atoms. The highest BCUT2D eigenvalue weighted by Gasteiger charge is 2.31. The number of aliphatic hydroxyl groups excluding tert-OH is 1. The summed E-state index contributed by atoms with van der Waals surface area (Å²) >= 11 is 1.23. The lowest BCUT2D eigenvalue weighted by molar-refractivity contribution is 0.0531. The average Bonchev–Trinajstić information content (AvgIpc) is 3.74. The Hall–Kier alpha value is -4.17. The van der Waals surface area contributed by atoms with Crippen molar-refractivity contribution < 1.29 is 14.6 Å². The summed E-state index contributed by atoms with van der Waals surface area (Å²) in [4.78, 5) is 31.8. The number of piperidine rings is 1. The van der Waals surface area contributed by atoms with Gasteiger partial charge in [-0.1, -0.05) is 35.6 Å². The van der Waals surface area contributed by atoms with E-state index in [4.69, 9.17) is 14.7 Å². The number of nitrogens with zero attached hydrogens (tertiary/aromatic N) is 8. The van der Waals surface area contributed by atoms with Crippen LogP contribution in [0, 0.1) is 12.8 Å². The van der Waals surface area contributed by atoms with Crippen LogP contribution in [0.4, 0.5) is 22.7 Å². The topological polar surface area (TPSA) is 158 Å². The van der Waals surface area contributed by atoms with Gasteiger partial charge >= 0.3 is 5.97 Å². The normalized spacial score (nSPS) is 16.6. The van der Waals surface area contributed by atoms with Crippen molar-refractivity contribution >= 4 is 40.0 Å². The molecular formula is C27H32N10O3S. The first kappa shape index (κ1) is 27.0. The van der Waals surface area contributed by atoms with Gasteiger partial charge in [-0.05, 0) is 55.0 Å². The number of hydrogen-bond donors (Lipinski definition) is 3. The molecule has 0 aliphatic carbocycles. The third-order valence-corrected chi connectivity index (χ3v) is 8.45. The van der Waals surface area contributed by atoms with E-state index in [2.05, 4.69) is 52.9 Å². The second-order valence-electron chi connectivity index (χ2n) is 10.2. The van der Waals surface area contributed by atoms with E-state index in [1.54, 1.807) is 13.8 Å². The van der Waals surface area contributed by atoms with Gasteiger partial charge in [0.25, 0.3) is 0 Å². The number of aromatic nitrogens is 7. The van der Waals surface area contributed by atoms with Crippen molar-refractivity contribution in [1.29, 1.82) is 0 Å². The molecule has 2 aliphatic heterocycles. The third kappa shape index (κ3) is 5.70. The zero-order chi connectivity index (χ0) is 28.3. The number of ether oxygens (including phenoxy) is 1. The van der Waals surface area contributed by atoms with Crippen molar-refractivity contribution in [2.75, 3.05) is 48.0 Å². The molecule has 0 bridgehead atoms. The summed E-state index contributed by atoms with van der Waals surface area (Å²) in [5, 5.41) is 27.7. The second kappa shape index (κ2) is 11.7. The standard InChI is InChI=1S/C27H32N10O3S/c1-3-40-25(39)21-16(2)28-27(41-21)31-26-29-23(36-11-4-5-18(14-36)15-38)20-10-12-37(24(20)30-26)13-17-6-8-19(9-7-17)22-32-34-35-33-22/h6-9,18,38H,3-5,10-15H2,1-2H3,(H,28,29,30,31)(H,32,33,34,35). The van der Waals surface area contributed by atoms with E-state index < -0.39 is 0 Å². The number of nitrogens with one attached hydrogen (secondary N) is 2. The lowest BCUT2D eigenvalue weighted by Gasteiger charge is -2.34. The fourth-order valence-electron chi connectivity index (χ4n) is 5.38. The van der Waals surface area contributed by atoms with Gasteiger partial charge in [0.2, 0.25) is 5.95 Å². The van der Waals surface area contributed by atoms with Crippen molar-refractivity contribution in [3.63, 3.8) is 0 Å². The molecule has 13 nitrogen and oxygen atoms in total. The first-order valence-electron chi connectivity index (χ1n) is 13.8. The summed E-state index contributed by atoms with van der Waals surface area (Å²) in [7, 11) is 0. The van der Waals surface area contributed by atoms with Crippen LogP contribution in [-0.4, -0.2) is 79.5 Å². The van der Waals surface area contributed by atoms with Crippen LogP contribution in [0.3, 0.4) is 0 Å². The summed E-state index contributed by atoms with van der Waals surface area (Å²) in [6, 6.07) is 8.15. The zero-order valence-electron chi connectivity index (χ0n) is 23.0. The number of H-pyrrole nitrogens is 1. The Morgan fingerprint density at radius 1 is 1.20 bits per heavy atom. The minimum absolute atomic E-state index is 0.163. The molecule has 1 atom stereocenters. The molecule has 1 unspecified atom stereocenters. The minimum atomic E-state index is -0.383. The van der Waals surface area contributed by atoms with E-state index >= 15 is 0 Å². The highest BCUT2D eigenvalue weighted by molar-refractivity contribution is 7.17. The smallest absolute Gasteiger partial charge is 0.350 e. The lowest BCUT2D eigenvalue weighted by atomic mass is 9.98. The molecule has 1 aromatic carbocycles. The van der Waals surface area contributed by atoms with Crippen LogP contribution in [-0.2, 0) is 17.7 Å². The number of anilines is 4. The van der Waals surface area contributed by atoms with E-state index in [0.29, 0.717) is 40.6 Å².